The Bertz CT molecular complexity index is 425. The first kappa shape index (κ1) is 12.3. The minimum atomic E-state index is -0.000431. The molecule has 0 aliphatic carbocycles. The number of nitrogens with zero attached hydrogens (tertiary/aromatic N) is 1. The van der Waals surface area contributed by atoms with Crippen molar-refractivity contribution >= 4 is 17.2 Å². The summed E-state index contributed by atoms with van der Waals surface area (Å²) in [6.45, 7) is 4.58. The minimum Gasteiger partial charge on any atom is -0.351 e. The van der Waals surface area contributed by atoms with Crippen LogP contribution >= 0.6 is 11.3 Å². The maximum atomic E-state index is 11.8. The van der Waals surface area contributed by atoms with Gasteiger partial charge in [-0.3, -0.25) is 4.79 Å². The lowest BCUT2D eigenvalue weighted by Crippen LogP contribution is -2.26. The Kier molecular flexibility index (Phi) is 4.28. The number of nitrogens with one attached hydrogen (secondary N) is 2. The van der Waals surface area contributed by atoms with Crippen LogP contribution in [0, 0.1) is 6.92 Å². The molecular formula is C12H17N3OS. The maximum Gasteiger partial charge on any atom is 0.263 e. The van der Waals surface area contributed by atoms with E-state index < -0.39 is 0 Å². The summed E-state index contributed by atoms with van der Waals surface area (Å²) in [6, 6.07) is 0. The lowest BCUT2D eigenvalue weighted by Gasteiger charge is -2.14. The van der Waals surface area contributed by atoms with Crippen molar-refractivity contribution in [3.05, 3.63) is 27.7 Å². The van der Waals surface area contributed by atoms with Gasteiger partial charge in [0, 0.05) is 13.1 Å². The van der Waals surface area contributed by atoms with Gasteiger partial charge < -0.3 is 10.6 Å². The molecule has 1 aliphatic rings. The van der Waals surface area contributed by atoms with Crippen LogP contribution in [0.2, 0.25) is 0 Å². The van der Waals surface area contributed by atoms with E-state index in [0.29, 0.717) is 6.54 Å². The molecule has 0 atom stereocenters. The molecule has 1 aromatic heterocycles. The van der Waals surface area contributed by atoms with Gasteiger partial charge >= 0.3 is 0 Å². The van der Waals surface area contributed by atoms with Gasteiger partial charge in [-0.05, 0) is 26.3 Å². The van der Waals surface area contributed by atoms with Crippen molar-refractivity contribution in [1.82, 2.24) is 15.6 Å². The number of amides is 1. The standard InChI is InChI=1S/C12H17N3OS/c1-9-11(17-8-15-9)12(16)14-7-4-10-2-5-13-6-3-10/h2,8,13H,3-7H2,1H3,(H,14,16). The number of aromatic nitrogens is 1. The van der Waals surface area contributed by atoms with Gasteiger partial charge in [0.2, 0.25) is 0 Å². The Morgan fingerprint density at radius 3 is 3.18 bits per heavy atom. The summed E-state index contributed by atoms with van der Waals surface area (Å²) in [5, 5.41) is 6.22. The molecule has 2 rings (SSSR count). The lowest BCUT2D eigenvalue weighted by atomic mass is 10.1. The average Bonchev–Trinajstić information content (AvgIpc) is 2.77. The second-order valence-corrected chi connectivity index (χ2v) is 4.94. The molecule has 0 unspecified atom stereocenters. The van der Waals surface area contributed by atoms with Gasteiger partial charge in [0.1, 0.15) is 4.88 Å². The summed E-state index contributed by atoms with van der Waals surface area (Å²) in [6.07, 6.45) is 4.26. The maximum absolute atomic E-state index is 11.8. The van der Waals surface area contributed by atoms with Crippen LogP contribution < -0.4 is 10.6 Å². The van der Waals surface area contributed by atoms with E-state index in [4.69, 9.17) is 0 Å². The fraction of sp³-hybridized carbons (Fsp3) is 0.500. The zero-order valence-electron chi connectivity index (χ0n) is 9.95. The van der Waals surface area contributed by atoms with Gasteiger partial charge in [-0.1, -0.05) is 11.6 Å². The fourth-order valence-corrected chi connectivity index (χ4v) is 2.55. The molecule has 1 aliphatic heterocycles. The van der Waals surface area contributed by atoms with Crippen LogP contribution in [0.15, 0.2) is 17.2 Å². The van der Waals surface area contributed by atoms with Gasteiger partial charge in [0.05, 0.1) is 11.2 Å². The molecule has 0 bridgehead atoms. The highest BCUT2D eigenvalue weighted by molar-refractivity contribution is 7.11. The average molecular weight is 251 g/mol. The molecule has 0 fully saturated rings. The molecule has 4 nitrogen and oxygen atoms in total. The van der Waals surface area contributed by atoms with Crippen molar-refractivity contribution in [3.63, 3.8) is 0 Å². The third-order valence-electron chi connectivity index (χ3n) is 2.84. The Morgan fingerprint density at radius 2 is 2.53 bits per heavy atom. The van der Waals surface area contributed by atoms with E-state index in [1.165, 1.54) is 16.9 Å². The number of carbonyl (C=O) groups excluding carboxylic acids is 1. The molecule has 0 radical (unpaired) electrons. The monoisotopic (exact) mass is 251 g/mol. The highest BCUT2D eigenvalue weighted by atomic mass is 32.1. The highest BCUT2D eigenvalue weighted by Gasteiger charge is 2.11. The van der Waals surface area contributed by atoms with Crippen LogP contribution in [-0.4, -0.2) is 30.5 Å². The molecule has 2 heterocycles. The molecule has 1 aromatic rings. The quantitative estimate of drug-likeness (QED) is 0.797. The van der Waals surface area contributed by atoms with Crippen LogP contribution in [0.4, 0.5) is 0 Å². The normalized spacial score (nSPS) is 15.5. The molecule has 0 saturated carbocycles. The molecule has 0 aromatic carbocycles. The number of hydrogen-bond donors (Lipinski definition) is 2. The predicted octanol–water partition coefficient (Wildman–Crippen LogP) is 1.49. The predicted molar refractivity (Wildman–Crippen MR) is 69.4 cm³/mol. The van der Waals surface area contributed by atoms with Crippen LogP contribution in [0.3, 0.4) is 0 Å². The van der Waals surface area contributed by atoms with Crippen molar-refractivity contribution < 1.29 is 4.79 Å². The highest BCUT2D eigenvalue weighted by Crippen LogP contribution is 2.12. The first-order valence-electron chi connectivity index (χ1n) is 5.84. The van der Waals surface area contributed by atoms with E-state index in [9.17, 15) is 4.79 Å². The zero-order chi connectivity index (χ0) is 12.1. The van der Waals surface area contributed by atoms with Crippen molar-refractivity contribution in [2.24, 2.45) is 0 Å². The molecule has 5 heteroatoms. The number of carbonyl (C=O) groups is 1. The van der Waals surface area contributed by atoms with E-state index in [-0.39, 0.29) is 5.91 Å². The SMILES string of the molecule is Cc1ncsc1C(=O)NCCC1=CCNCC1. The summed E-state index contributed by atoms with van der Waals surface area (Å²) < 4.78 is 0. The number of rotatable bonds is 4. The number of aryl methyl sites for hydroxylation is 1. The van der Waals surface area contributed by atoms with Crippen molar-refractivity contribution in [2.45, 2.75) is 19.8 Å². The Morgan fingerprint density at radius 1 is 1.65 bits per heavy atom. The van der Waals surface area contributed by atoms with E-state index in [0.717, 1.165) is 36.5 Å². The summed E-state index contributed by atoms with van der Waals surface area (Å²) in [5.74, 6) is -0.000431. The minimum absolute atomic E-state index is 0.000431. The van der Waals surface area contributed by atoms with Gasteiger partial charge in [0.25, 0.3) is 5.91 Å². The van der Waals surface area contributed by atoms with Crippen LogP contribution in [0.1, 0.15) is 28.2 Å². The Balaban J connectivity index is 1.77. The second-order valence-electron chi connectivity index (χ2n) is 4.09. The van der Waals surface area contributed by atoms with Gasteiger partial charge in [-0.2, -0.15) is 0 Å². The third kappa shape index (κ3) is 3.38. The molecule has 17 heavy (non-hydrogen) atoms. The zero-order valence-corrected chi connectivity index (χ0v) is 10.8. The Labute approximate surface area is 105 Å². The first-order valence-corrected chi connectivity index (χ1v) is 6.72. The summed E-state index contributed by atoms with van der Waals surface area (Å²) in [4.78, 5) is 16.6. The number of hydrogen-bond acceptors (Lipinski definition) is 4. The van der Waals surface area contributed by atoms with Crippen molar-refractivity contribution in [1.29, 1.82) is 0 Å². The molecule has 0 spiro atoms. The topological polar surface area (TPSA) is 54.0 Å². The van der Waals surface area contributed by atoms with E-state index in [2.05, 4.69) is 21.7 Å². The van der Waals surface area contributed by atoms with E-state index in [1.807, 2.05) is 6.92 Å². The lowest BCUT2D eigenvalue weighted by molar-refractivity contribution is 0.0957. The van der Waals surface area contributed by atoms with Gasteiger partial charge in [-0.25, -0.2) is 4.98 Å². The molecule has 92 valence electrons. The van der Waals surface area contributed by atoms with Crippen LogP contribution in [0.5, 0.6) is 0 Å². The first-order chi connectivity index (χ1) is 8.27. The molecule has 1 amide bonds. The van der Waals surface area contributed by atoms with Crippen molar-refractivity contribution in [3.8, 4) is 0 Å². The fourth-order valence-electron chi connectivity index (χ4n) is 1.83. The van der Waals surface area contributed by atoms with E-state index >= 15 is 0 Å². The van der Waals surface area contributed by atoms with Crippen LogP contribution in [-0.2, 0) is 0 Å². The Hall–Kier alpha value is -1.20. The van der Waals surface area contributed by atoms with E-state index in [1.54, 1.807) is 5.51 Å². The summed E-state index contributed by atoms with van der Waals surface area (Å²) >= 11 is 1.40. The largest absolute Gasteiger partial charge is 0.351 e. The third-order valence-corrected chi connectivity index (χ3v) is 3.77. The molecular weight excluding hydrogens is 234 g/mol. The molecule has 2 N–H and O–H groups in total. The second kappa shape index (κ2) is 5.93. The molecule has 0 saturated heterocycles. The smallest absolute Gasteiger partial charge is 0.263 e. The van der Waals surface area contributed by atoms with Gasteiger partial charge in [-0.15, -0.1) is 11.3 Å². The van der Waals surface area contributed by atoms with Gasteiger partial charge in [0.15, 0.2) is 0 Å². The summed E-state index contributed by atoms with van der Waals surface area (Å²) in [5.41, 5.74) is 3.96. The number of thiazole rings is 1. The van der Waals surface area contributed by atoms with Crippen LogP contribution in [0.25, 0.3) is 0 Å². The summed E-state index contributed by atoms with van der Waals surface area (Å²) in [7, 11) is 0. The van der Waals surface area contributed by atoms with Crippen molar-refractivity contribution in [2.75, 3.05) is 19.6 Å².